The van der Waals surface area contributed by atoms with Crippen molar-refractivity contribution >= 4 is 5.91 Å². The summed E-state index contributed by atoms with van der Waals surface area (Å²) < 4.78 is 5.40. The Hall–Kier alpha value is -3.48. The third-order valence-electron chi connectivity index (χ3n) is 4.66. The summed E-state index contributed by atoms with van der Waals surface area (Å²) in [6.45, 7) is -0.169. The van der Waals surface area contributed by atoms with Crippen molar-refractivity contribution in [2.24, 2.45) is 0 Å². The van der Waals surface area contributed by atoms with E-state index >= 15 is 0 Å². The van der Waals surface area contributed by atoms with Gasteiger partial charge >= 0.3 is 0 Å². The van der Waals surface area contributed by atoms with E-state index in [2.05, 4.69) is 20.3 Å². The lowest BCUT2D eigenvalue weighted by molar-refractivity contribution is -0.124. The van der Waals surface area contributed by atoms with Crippen LogP contribution >= 0.6 is 0 Å². The lowest BCUT2D eigenvalue weighted by Crippen LogP contribution is -2.34. The predicted molar refractivity (Wildman–Crippen MR) is 103 cm³/mol. The minimum Gasteiger partial charge on any atom is -0.504 e. The smallest absolute Gasteiger partial charge is 0.258 e. The van der Waals surface area contributed by atoms with Crippen LogP contribution in [0.25, 0.3) is 11.4 Å². The van der Waals surface area contributed by atoms with Crippen molar-refractivity contribution in [1.82, 2.24) is 20.3 Å². The van der Waals surface area contributed by atoms with E-state index in [1.54, 1.807) is 36.8 Å². The van der Waals surface area contributed by atoms with Crippen LogP contribution in [0.15, 0.2) is 55.0 Å². The Kier molecular flexibility index (Phi) is 5.14. The number of aryl methyl sites for hydroxylation is 1. The number of benzene rings is 1. The number of amides is 1. The largest absolute Gasteiger partial charge is 0.504 e. The lowest BCUT2D eigenvalue weighted by atomic mass is 9.92. The van der Waals surface area contributed by atoms with Gasteiger partial charge in [0.25, 0.3) is 5.91 Å². The third kappa shape index (κ3) is 3.93. The molecule has 0 saturated carbocycles. The molecule has 1 amide bonds. The van der Waals surface area contributed by atoms with E-state index in [4.69, 9.17) is 4.74 Å². The van der Waals surface area contributed by atoms with Crippen LogP contribution in [0.2, 0.25) is 0 Å². The molecule has 28 heavy (non-hydrogen) atoms. The Labute approximate surface area is 162 Å². The van der Waals surface area contributed by atoms with Crippen molar-refractivity contribution < 1.29 is 14.6 Å². The maximum Gasteiger partial charge on any atom is 0.258 e. The number of nitrogens with one attached hydrogen (secondary N) is 1. The summed E-state index contributed by atoms with van der Waals surface area (Å²) in [4.78, 5) is 25.6. The number of aromatic hydroxyl groups is 1. The minimum atomic E-state index is -0.252. The van der Waals surface area contributed by atoms with Crippen LogP contribution in [-0.2, 0) is 11.2 Å². The second-order valence-corrected chi connectivity index (χ2v) is 6.61. The van der Waals surface area contributed by atoms with E-state index in [0.29, 0.717) is 5.82 Å². The number of hydrogen-bond acceptors (Lipinski definition) is 6. The molecule has 0 spiro atoms. The van der Waals surface area contributed by atoms with Gasteiger partial charge in [0.1, 0.15) is 0 Å². The first-order valence-corrected chi connectivity index (χ1v) is 9.17. The van der Waals surface area contributed by atoms with Crippen LogP contribution in [0, 0.1) is 0 Å². The van der Waals surface area contributed by atoms with E-state index in [1.807, 2.05) is 12.1 Å². The average molecular weight is 376 g/mol. The summed E-state index contributed by atoms with van der Waals surface area (Å²) in [5.41, 5.74) is 2.76. The summed E-state index contributed by atoms with van der Waals surface area (Å²) in [7, 11) is 0. The van der Waals surface area contributed by atoms with E-state index in [-0.39, 0.29) is 30.1 Å². The number of carbonyl (C=O) groups excluding carboxylic acids is 1. The van der Waals surface area contributed by atoms with Gasteiger partial charge in [-0.25, -0.2) is 9.97 Å². The average Bonchev–Trinajstić information content (AvgIpc) is 2.74. The highest BCUT2D eigenvalue weighted by molar-refractivity contribution is 5.78. The monoisotopic (exact) mass is 376 g/mol. The van der Waals surface area contributed by atoms with Crippen LogP contribution in [0.3, 0.4) is 0 Å². The molecule has 2 heterocycles. The number of phenolic OH excluding ortho intramolecular Hbond substituents is 1. The van der Waals surface area contributed by atoms with Crippen molar-refractivity contribution in [2.45, 2.75) is 25.3 Å². The van der Waals surface area contributed by atoms with Crippen molar-refractivity contribution in [1.29, 1.82) is 0 Å². The van der Waals surface area contributed by atoms with Crippen LogP contribution in [0.1, 0.15) is 30.1 Å². The quantitative estimate of drug-likeness (QED) is 0.711. The second kappa shape index (κ2) is 8.04. The summed E-state index contributed by atoms with van der Waals surface area (Å²) in [5.74, 6) is 0.680. The van der Waals surface area contributed by atoms with Gasteiger partial charge in [0, 0.05) is 35.4 Å². The Morgan fingerprint density at radius 1 is 1.21 bits per heavy atom. The van der Waals surface area contributed by atoms with Gasteiger partial charge in [0.15, 0.2) is 23.9 Å². The number of rotatable bonds is 5. The molecule has 2 N–H and O–H groups in total. The highest BCUT2D eigenvalue weighted by Crippen LogP contribution is 2.29. The molecular formula is C21H20N4O3. The zero-order valence-electron chi connectivity index (χ0n) is 15.2. The van der Waals surface area contributed by atoms with E-state index in [9.17, 15) is 9.90 Å². The van der Waals surface area contributed by atoms with Crippen molar-refractivity contribution in [3.63, 3.8) is 0 Å². The van der Waals surface area contributed by atoms with Crippen LogP contribution in [0.4, 0.5) is 0 Å². The summed E-state index contributed by atoms with van der Waals surface area (Å²) in [6, 6.07) is 10.2. The van der Waals surface area contributed by atoms with E-state index in [1.165, 1.54) is 6.07 Å². The zero-order valence-corrected chi connectivity index (χ0v) is 15.2. The first-order valence-electron chi connectivity index (χ1n) is 9.17. The second-order valence-electron chi connectivity index (χ2n) is 6.61. The number of para-hydroxylation sites is 2. The molecule has 1 aliphatic carbocycles. The molecule has 4 rings (SSSR count). The van der Waals surface area contributed by atoms with E-state index in [0.717, 1.165) is 36.1 Å². The molecule has 0 aliphatic heterocycles. The molecule has 1 aromatic carbocycles. The maximum atomic E-state index is 12.3. The van der Waals surface area contributed by atoms with Gasteiger partial charge in [-0.15, -0.1) is 0 Å². The van der Waals surface area contributed by atoms with Gasteiger partial charge in [0.05, 0.1) is 6.04 Å². The number of hydrogen-bond donors (Lipinski definition) is 2. The molecule has 3 aromatic rings. The summed E-state index contributed by atoms with van der Waals surface area (Å²) in [6.07, 6.45) is 7.85. The number of ether oxygens (including phenoxy) is 1. The van der Waals surface area contributed by atoms with Gasteiger partial charge < -0.3 is 15.2 Å². The molecule has 0 bridgehead atoms. The fourth-order valence-corrected chi connectivity index (χ4v) is 3.29. The van der Waals surface area contributed by atoms with Crippen molar-refractivity contribution in [3.8, 4) is 22.9 Å². The van der Waals surface area contributed by atoms with Gasteiger partial charge in [-0.05, 0) is 43.5 Å². The SMILES string of the molecule is O=C(COc1ccccc1O)NC1CCCc2nc(-c3cccnc3)ncc21. The third-order valence-corrected chi connectivity index (χ3v) is 4.66. The van der Waals surface area contributed by atoms with Gasteiger partial charge in [-0.1, -0.05) is 12.1 Å². The molecule has 0 fully saturated rings. The maximum absolute atomic E-state index is 12.3. The summed E-state index contributed by atoms with van der Waals surface area (Å²) in [5, 5.41) is 12.7. The van der Waals surface area contributed by atoms with Crippen molar-refractivity contribution in [3.05, 3.63) is 66.2 Å². The van der Waals surface area contributed by atoms with Crippen molar-refractivity contribution in [2.75, 3.05) is 6.61 Å². The highest BCUT2D eigenvalue weighted by atomic mass is 16.5. The van der Waals surface area contributed by atoms with Crippen LogP contribution in [-0.4, -0.2) is 32.6 Å². The van der Waals surface area contributed by atoms with Crippen LogP contribution in [0.5, 0.6) is 11.5 Å². The number of carbonyl (C=O) groups is 1. The fraction of sp³-hybridized carbons (Fsp3) is 0.238. The minimum absolute atomic E-state index is 0.00893. The molecular weight excluding hydrogens is 356 g/mol. The molecule has 1 aliphatic rings. The molecule has 7 heteroatoms. The first kappa shape index (κ1) is 17.9. The topological polar surface area (TPSA) is 97.2 Å². The number of nitrogens with zero attached hydrogens (tertiary/aromatic N) is 3. The number of fused-ring (bicyclic) bond motifs is 1. The van der Waals surface area contributed by atoms with Crippen LogP contribution < -0.4 is 10.1 Å². The molecule has 1 unspecified atom stereocenters. The zero-order chi connectivity index (χ0) is 19.3. The Bertz CT molecular complexity index is 978. The Balaban J connectivity index is 1.44. The molecule has 0 saturated heterocycles. The molecule has 7 nitrogen and oxygen atoms in total. The molecule has 142 valence electrons. The molecule has 2 aromatic heterocycles. The van der Waals surface area contributed by atoms with Gasteiger partial charge in [-0.3, -0.25) is 9.78 Å². The Morgan fingerprint density at radius 2 is 2.11 bits per heavy atom. The first-order chi connectivity index (χ1) is 13.7. The lowest BCUT2D eigenvalue weighted by Gasteiger charge is -2.25. The fourth-order valence-electron chi connectivity index (χ4n) is 3.29. The standard InChI is InChI=1S/C21H20N4O3/c26-18-8-1-2-9-19(18)28-13-20(27)24-16-6-3-7-17-15(16)12-23-21(25-17)14-5-4-10-22-11-14/h1-2,4-5,8-12,16,26H,3,6-7,13H2,(H,24,27). The summed E-state index contributed by atoms with van der Waals surface area (Å²) >= 11 is 0. The number of aromatic nitrogens is 3. The van der Waals surface area contributed by atoms with E-state index < -0.39 is 0 Å². The molecule has 0 radical (unpaired) electrons. The molecule has 1 atom stereocenters. The normalized spacial score (nSPS) is 15.5. The Morgan fingerprint density at radius 3 is 2.93 bits per heavy atom. The highest BCUT2D eigenvalue weighted by Gasteiger charge is 2.24. The van der Waals surface area contributed by atoms with Gasteiger partial charge in [-0.2, -0.15) is 0 Å². The number of pyridine rings is 1. The number of phenols is 1. The van der Waals surface area contributed by atoms with Gasteiger partial charge in [0.2, 0.25) is 0 Å². The predicted octanol–water partition coefficient (Wildman–Crippen LogP) is 2.82.